The van der Waals surface area contributed by atoms with Crippen LogP contribution in [-0.4, -0.2) is 42.4 Å². The average Bonchev–Trinajstić information content (AvgIpc) is 2.46. The lowest BCUT2D eigenvalue weighted by molar-refractivity contribution is 0.0562. The maximum Gasteiger partial charge on any atom is 0.123 e. The molecule has 0 spiro atoms. The Hall–Kier alpha value is -0.970. The molecule has 0 aromatic heterocycles. The first-order valence-corrected chi connectivity index (χ1v) is 5.46. The van der Waals surface area contributed by atoms with Gasteiger partial charge in [-0.1, -0.05) is 12.1 Å². The zero-order valence-corrected chi connectivity index (χ0v) is 9.10. The molecule has 4 heteroatoms. The highest BCUT2D eigenvalue weighted by molar-refractivity contribution is 5.15. The zero-order chi connectivity index (χ0) is 11.4. The summed E-state index contributed by atoms with van der Waals surface area (Å²) < 4.78 is 18.0. The van der Waals surface area contributed by atoms with Crippen LogP contribution in [0.15, 0.2) is 24.3 Å². The minimum Gasteiger partial charge on any atom is -0.389 e. The second-order valence-electron chi connectivity index (χ2n) is 4.09. The monoisotopic (exact) mass is 225 g/mol. The number of benzene rings is 1. The second-order valence-corrected chi connectivity index (χ2v) is 4.09. The maximum absolute atomic E-state index is 12.7. The smallest absolute Gasteiger partial charge is 0.123 e. The Balaban J connectivity index is 1.95. The molecule has 1 aliphatic heterocycles. The van der Waals surface area contributed by atoms with Crippen LogP contribution in [-0.2, 0) is 11.3 Å². The normalized spacial score (nSPS) is 23.0. The molecule has 3 nitrogen and oxygen atoms in total. The molecule has 1 heterocycles. The molecule has 16 heavy (non-hydrogen) atoms. The number of halogens is 1. The van der Waals surface area contributed by atoms with Crippen molar-refractivity contribution in [2.75, 3.05) is 26.3 Å². The van der Waals surface area contributed by atoms with Gasteiger partial charge in [-0.25, -0.2) is 4.39 Å². The number of hydrogen-bond donors (Lipinski definition) is 1. The fourth-order valence-electron chi connectivity index (χ4n) is 1.85. The molecule has 1 N–H and O–H groups in total. The third kappa shape index (κ3) is 3.27. The van der Waals surface area contributed by atoms with Crippen LogP contribution in [0, 0.1) is 5.82 Å². The molecule has 88 valence electrons. The molecule has 1 atom stereocenters. The van der Waals surface area contributed by atoms with Crippen LogP contribution in [0.25, 0.3) is 0 Å². The molecule has 1 aromatic rings. The summed E-state index contributed by atoms with van der Waals surface area (Å²) in [6.07, 6.45) is -0.428. The van der Waals surface area contributed by atoms with Crippen molar-refractivity contribution in [3.63, 3.8) is 0 Å². The summed E-state index contributed by atoms with van der Waals surface area (Å²) in [6.45, 7) is 3.17. The number of ether oxygens (including phenoxy) is 1. The molecule has 0 aliphatic carbocycles. The van der Waals surface area contributed by atoms with E-state index in [1.807, 2.05) is 0 Å². The Bertz CT molecular complexity index is 328. The summed E-state index contributed by atoms with van der Waals surface area (Å²) in [7, 11) is 0. The number of aliphatic hydroxyl groups is 1. The first kappa shape index (κ1) is 11.5. The van der Waals surface area contributed by atoms with Crippen molar-refractivity contribution < 1.29 is 14.2 Å². The van der Waals surface area contributed by atoms with E-state index in [-0.39, 0.29) is 5.82 Å². The van der Waals surface area contributed by atoms with Gasteiger partial charge in [-0.2, -0.15) is 0 Å². The van der Waals surface area contributed by atoms with E-state index in [1.165, 1.54) is 12.1 Å². The summed E-state index contributed by atoms with van der Waals surface area (Å²) in [6, 6.07) is 6.46. The van der Waals surface area contributed by atoms with Gasteiger partial charge in [-0.05, 0) is 17.7 Å². The number of β-amino-alcohol motifs (C(OH)–C–C–N with tert-alkyl or cyclic N) is 1. The van der Waals surface area contributed by atoms with Crippen molar-refractivity contribution in [2.24, 2.45) is 0 Å². The summed E-state index contributed by atoms with van der Waals surface area (Å²) >= 11 is 0. The van der Waals surface area contributed by atoms with E-state index in [1.54, 1.807) is 12.1 Å². The van der Waals surface area contributed by atoms with Crippen LogP contribution in [0.1, 0.15) is 5.56 Å². The van der Waals surface area contributed by atoms with Gasteiger partial charge in [-0.15, -0.1) is 0 Å². The quantitative estimate of drug-likeness (QED) is 0.815. The standard InChI is InChI=1S/C12H16FNO2/c13-11-3-1-10(2-4-11)7-14-5-6-16-9-12(15)8-14/h1-4,12,15H,5-9H2. The summed E-state index contributed by atoms with van der Waals surface area (Å²) in [5, 5.41) is 9.56. The lowest BCUT2D eigenvalue weighted by Crippen LogP contribution is -2.32. The summed E-state index contributed by atoms with van der Waals surface area (Å²) in [5.41, 5.74) is 1.05. The van der Waals surface area contributed by atoms with Crippen LogP contribution in [0.2, 0.25) is 0 Å². The molecule has 1 saturated heterocycles. The van der Waals surface area contributed by atoms with Gasteiger partial charge in [0.2, 0.25) is 0 Å². The SMILES string of the molecule is OC1COCCN(Cc2ccc(F)cc2)C1. The van der Waals surface area contributed by atoms with Crippen molar-refractivity contribution in [1.29, 1.82) is 0 Å². The molecule has 1 aromatic carbocycles. The third-order valence-electron chi connectivity index (χ3n) is 2.65. The fraction of sp³-hybridized carbons (Fsp3) is 0.500. The van der Waals surface area contributed by atoms with Crippen molar-refractivity contribution in [3.05, 3.63) is 35.6 Å². The molecular weight excluding hydrogens is 209 g/mol. The van der Waals surface area contributed by atoms with Gasteiger partial charge in [0.15, 0.2) is 0 Å². The second kappa shape index (κ2) is 5.39. The summed E-state index contributed by atoms with van der Waals surface area (Å²) in [4.78, 5) is 2.12. The number of aliphatic hydroxyl groups excluding tert-OH is 1. The van der Waals surface area contributed by atoms with Gasteiger partial charge in [0.25, 0.3) is 0 Å². The molecule has 1 fully saturated rings. The van der Waals surface area contributed by atoms with Gasteiger partial charge in [-0.3, -0.25) is 4.90 Å². The molecule has 2 rings (SSSR count). The predicted molar refractivity (Wildman–Crippen MR) is 58.5 cm³/mol. The summed E-state index contributed by atoms with van der Waals surface area (Å²) in [5.74, 6) is -0.219. The van der Waals surface area contributed by atoms with Crippen LogP contribution < -0.4 is 0 Å². The third-order valence-corrected chi connectivity index (χ3v) is 2.65. The average molecular weight is 225 g/mol. The van der Waals surface area contributed by atoms with Gasteiger partial charge >= 0.3 is 0 Å². The Kier molecular flexibility index (Phi) is 3.88. The molecule has 0 amide bonds. The number of nitrogens with zero attached hydrogens (tertiary/aromatic N) is 1. The van der Waals surface area contributed by atoms with Crippen molar-refractivity contribution >= 4 is 0 Å². The largest absolute Gasteiger partial charge is 0.389 e. The van der Waals surface area contributed by atoms with Crippen molar-refractivity contribution in [2.45, 2.75) is 12.6 Å². The van der Waals surface area contributed by atoms with E-state index in [4.69, 9.17) is 4.74 Å². The van der Waals surface area contributed by atoms with Crippen LogP contribution in [0.4, 0.5) is 4.39 Å². The lowest BCUT2D eigenvalue weighted by atomic mass is 10.2. The lowest BCUT2D eigenvalue weighted by Gasteiger charge is -2.20. The number of rotatable bonds is 2. The van der Waals surface area contributed by atoms with Gasteiger partial charge < -0.3 is 9.84 Å². The molecular formula is C12H16FNO2. The van der Waals surface area contributed by atoms with Crippen LogP contribution >= 0.6 is 0 Å². The Morgan fingerprint density at radius 3 is 2.88 bits per heavy atom. The Labute approximate surface area is 94.4 Å². The molecule has 0 saturated carbocycles. The van der Waals surface area contributed by atoms with Crippen LogP contribution in [0.3, 0.4) is 0 Å². The highest BCUT2D eigenvalue weighted by Gasteiger charge is 2.16. The van der Waals surface area contributed by atoms with Gasteiger partial charge in [0, 0.05) is 19.6 Å². The maximum atomic E-state index is 12.7. The molecule has 1 aliphatic rings. The Morgan fingerprint density at radius 1 is 1.38 bits per heavy atom. The zero-order valence-electron chi connectivity index (χ0n) is 9.10. The van der Waals surface area contributed by atoms with E-state index >= 15 is 0 Å². The minimum atomic E-state index is -0.428. The molecule has 1 unspecified atom stereocenters. The van der Waals surface area contributed by atoms with E-state index in [9.17, 15) is 9.50 Å². The minimum absolute atomic E-state index is 0.219. The van der Waals surface area contributed by atoms with E-state index in [2.05, 4.69) is 4.90 Å². The fourth-order valence-corrected chi connectivity index (χ4v) is 1.85. The Morgan fingerprint density at radius 2 is 2.12 bits per heavy atom. The van der Waals surface area contributed by atoms with Crippen molar-refractivity contribution in [3.8, 4) is 0 Å². The van der Waals surface area contributed by atoms with Crippen LogP contribution in [0.5, 0.6) is 0 Å². The van der Waals surface area contributed by atoms with E-state index < -0.39 is 6.10 Å². The number of hydrogen-bond acceptors (Lipinski definition) is 3. The van der Waals surface area contributed by atoms with Crippen molar-refractivity contribution in [1.82, 2.24) is 4.90 Å². The first-order chi connectivity index (χ1) is 7.74. The van der Waals surface area contributed by atoms with Gasteiger partial charge in [0.1, 0.15) is 5.82 Å². The highest BCUT2D eigenvalue weighted by Crippen LogP contribution is 2.09. The molecule has 0 bridgehead atoms. The van der Waals surface area contributed by atoms with E-state index in [0.717, 1.165) is 18.7 Å². The molecule has 0 radical (unpaired) electrons. The first-order valence-electron chi connectivity index (χ1n) is 5.46. The highest BCUT2D eigenvalue weighted by atomic mass is 19.1. The predicted octanol–water partition coefficient (Wildman–Crippen LogP) is 1.02. The topological polar surface area (TPSA) is 32.7 Å². The van der Waals surface area contributed by atoms with Gasteiger partial charge in [0.05, 0.1) is 19.3 Å². The van der Waals surface area contributed by atoms with E-state index in [0.29, 0.717) is 19.8 Å².